The van der Waals surface area contributed by atoms with Gasteiger partial charge in [0.25, 0.3) is 5.91 Å². The van der Waals surface area contributed by atoms with Gasteiger partial charge in [-0.05, 0) is 80.4 Å². The molecule has 0 aliphatic rings. The molecule has 0 aliphatic heterocycles. The van der Waals surface area contributed by atoms with Crippen LogP contribution in [0.25, 0.3) is 56.0 Å². The van der Waals surface area contributed by atoms with E-state index in [0.29, 0.717) is 50.4 Å². The van der Waals surface area contributed by atoms with Gasteiger partial charge in [0.1, 0.15) is 28.4 Å². The Kier molecular flexibility index (Phi) is 8.48. The molecule has 4 aromatic carbocycles. The first kappa shape index (κ1) is 32.7. The SMILES string of the molecule is CNC(=O)c1c(-c2ccc(F)cc2)oc2cc(N(CCC(C)(C)O)S(C)(=O)=O)c(-c3ccc(OC)c(-c4nc5ccccc5o4)c3)cc12. The van der Waals surface area contributed by atoms with Gasteiger partial charge in [0, 0.05) is 36.2 Å². The first-order valence-electron chi connectivity index (χ1n) is 15.1. The Hall–Kier alpha value is -5.20. The molecule has 0 bridgehead atoms. The van der Waals surface area contributed by atoms with E-state index in [1.54, 1.807) is 50.2 Å². The van der Waals surface area contributed by atoms with Crippen molar-refractivity contribution in [1.82, 2.24) is 10.3 Å². The molecular weight excluding hydrogens is 637 g/mol. The fourth-order valence-corrected chi connectivity index (χ4v) is 6.53. The number of nitrogens with one attached hydrogen (secondary N) is 1. The van der Waals surface area contributed by atoms with Crippen LogP contribution in [0.5, 0.6) is 5.75 Å². The Morgan fingerprint density at radius 3 is 2.33 bits per heavy atom. The predicted molar refractivity (Wildman–Crippen MR) is 183 cm³/mol. The van der Waals surface area contributed by atoms with Gasteiger partial charge in [-0.25, -0.2) is 17.8 Å². The molecular formula is C36H34FN3O7S. The minimum absolute atomic E-state index is 0.0528. The molecule has 248 valence electrons. The Morgan fingerprint density at radius 2 is 1.69 bits per heavy atom. The number of halogens is 1. The number of aliphatic hydroxyl groups is 1. The minimum Gasteiger partial charge on any atom is -0.496 e. The normalized spacial score (nSPS) is 12.1. The molecule has 0 saturated heterocycles. The van der Waals surface area contributed by atoms with E-state index >= 15 is 0 Å². The maximum atomic E-state index is 13.8. The summed E-state index contributed by atoms with van der Waals surface area (Å²) in [7, 11) is -0.894. The number of hydrogen-bond acceptors (Lipinski definition) is 8. The third kappa shape index (κ3) is 6.36. The van der Waals surface area contributed by atoms with Gasteiger partial charge in [0.05, 0.1) is 35.8 Å². The van der Waals surface area contributed by atoms with Crippen LogP contribution in [0.4, 0.5) is 10.1 Å². The first-order valence-corrected chi connectivity index (χ1v) is 17.0. The number of hydrogen-bond donors (Lipinski definition) is 2. The van der Waals surface area contributed by atoms with E-state index in [2.05, 4.69) is 10.3 Å². The summed E-state index contributed by atoms with van der Waals surface area (Å²) >= 11 is 0. The maximum absolute atomic E-state index is 13.8. The molecule has 10 nitrogen and oxygen atoms in total. The Labute approximate surface area is 276 Å². The fraction of sp³-hybridized carbons (Fsp3) is 0.222. The highest BCUT2D eigenvalue weighted by atomic mass is 32.2. The lowest BCUT2D eigenvalue weighted by Crippen LogP contribution is -2.35. The molecule has 0 aliphatic carbocycles. The van der Waals surface area contributed by atoms with Gasteiger partial charge < -0.3 is 24.0 Å². The van der Waals surface area contributed by atoms with Crippen LogP contribution in [0, 0.1) is 5.82 Å². The fourth-order valence-electron chi connectivity index (χ4n) is 5.59. The number of nitrogens with zero attached hydrogens (tertiary/aromatic N) is 2. The van der Waals surface area contributed by atoms with Gasteiger partial charge in [0.15, 0.2) is 5.58 Å². The number of fused-ring (bicyclic) bond motifs is 2. The molecule has 0 unspecified atom stereocenters. The first-order chi connectivity index (χ1) is 22.8. The van der Waals surface area contributed by atoms with Gasteiger partial charge in [-0.3, -0.25) is 9.10 Å². The van der Waals surface area contributed by atoms with E-state index in [1.807, 2.05) is 18.2 Å². The van der Waals surface area contributed by atoms with Crippen LogP contribution in [0.3, 0.4) is 0 Å². The summed E-state index contributed by atoms with van der Waals surface area (Å²) in [4.78, 5) is 18.0. The van der Waals surface area contributed by atoms with Crippen LogP contribution >= 0.6 is 0 Å². The van der Waals surface area contributed by atoms with E-state index in [-0.39, 0.29) is 35.6 Å². The summed E-state index contributed by atoms with van der Waals surface area (Å²) < 4.78 is 59.9. The van der Waals surface area contributed by atoms with Crippen molar-refractivity contribution < 1.29 is 36.3 Å². The highest BCUT2D eigenvalue weighted by Crippen LogP contribution is 2.44. The van der Waals surface area contributed by atoms with Crippen molar-refractivity contribution >= 4 is 43.7 Å². The Balaban J connectivity index is 1.65. The van der Waals surface area contributed by atoms with Crippen LogP contribution in [0.2, 0.25) is 0 Å². The topological polar surface area (TPSA) is 135 Å². The van der Waals surface area contributed by atoms with Gasteiger partial charge >= 0.3 is 0 Å². The number of rotatable bonds is 10. The van der Waals surface area contributed by atoms with Crippen molar-refractivity contribution in [3.63, 3.8) is 0 Å². The molecule has 0 radical (unpaired) electrons. The zero-order valence-electron chi connectivity index (χ0n) is 27.0. The summed E-state index contributed by atoms with van der Waals surface area (Å²) in [6.07, 6.45) is 1.21. The van der Waals surface area contributed by atoms with E-state index < -0.39 is 27.3 Å². The average molecular weight is 672 g/mol. The van der Waals surface area contributed by atoms with Crippen molar-refractivity contribution in [3.05, 3.63) is 90.2 Å². The van der Waals surface area contributed by atoms with Crippen LogP contribution in [0.1, 0.15) is 30.6 Å². The molecule has 0 saturated carbocycles. The third-order valence-electron chi connectivity index (χ3n) is 8.00. The predicted octanol–water partition coefficient (Wildman–Crippen LogP) is 7.01. The van der Waals surface area contributed by atoms with E-state index in [4.69, 9.17) is 13.6 Å². The van der Waals surface area contributed by atoms with Gasteiger partial charge in [-0.2, -0.15) is 0 Å². The van der Waals surface area contributed by atoms with Crippen molar-refractivity contribution in [2.75, 3.05) is 31.3 Å². The highest BCUT2D eigenvalue weighted by Gasteiger charge is 2.29. The van der Waals surface area contributed by atoms with E-state index in [9.17, 15) is 22.7 Å². The zero-order chi connectivity index (χ0) is 34.4. The van der Waals surface area contributed by atoms with Crippen molar-refractivity contribution in [2.45, 2.75) is 25.9 Å². The summed E-state index contributed by atoms with van der Waals surface area (Å²) in [5, 5.41) is 13.6. The highest BCUT2D eigenvalue weighted by molar-refractivity contribution is 7.92. The number of carbonyl (C=O) groups is 1. The Morgan fingerprint density at radius 1 is 0.979 bits per heavy atom. The van der Waals surface area contributed by atoms with Crippen LogP contribution in [0.15, 0.2) is 87.7 Å². The van der Waals surface area contributed by atoms with Gasteiger partial charge in [-0.1, -0.05) is 18.2 Å². The number of furan rings is 1. The van der Waals surface area contributed by atoms with E-state index in [1.165, 1.54) is 42.7 Å². The van der Waals surface area contributed by atoms with Crippen molar-refractivity contribution in [2.24, 2.45) is 0 Å². The monoisotopic (exact) mass is 671 g/mol. The second-order valence-corrected chi connectivity index (χ2v) is 14.0. The minimum atomic E-state index is -3.91. The molecule has 2 aromatic heterocycles. The summed E-state index contributed by atoms with van der Waals surface area (Å²) in [6.45, 7) is 3.15. The number of sulfonamides is 1. The second-order valence-electron chi connectivity index (χ2n) is 12.1. The number of para-hydroxylation sites is 2. The van der Waals surface area contributed by atoms with Crippen molar-refractivity contribution in [1.29, 1.82) is 0 Å². The number of benzene rings is 4. The number of anilines is 1. The number of carbonyl (C=O) groups excluding carboxylic acids is 1. The molecule has 12 heteroatoms. The van der Waals surface area contributed by atoms with Gasteiger partial charge in [-0.15, -0.1) is 0 Å². The molecule has 48 heavy (non-hydrogen) atoms. The smallest absolute Gasteiger partial charge is 0.255 e. The molecule has 6 rings (SSSR count). The quantitative estimate of drug-likeness (QED) is 0.159. The number of ether oxygens (including phenoxy) is 1. The molecule has 1 amide bonds. The number of methoxy groups -OCH3 is 1. The van der Waals surface area contributed by atoms with Crippen molar-refractivity contribution in [3.8, 4) is 39.7 Å². The average Bonchev–Trinajstić information content (AvgIpc) is 3.64. The second kappa shape index (κ2) is 12.4. The Bertz CT molecular complexity index is 2240. The molecule has 0 spiro atoms. The lowest BCUT2D eigenvalue weighted by Gasteiger charge is -2.28. The summed E-state index contributed by atoms with van der Waals surface area (Å²) in [5.41, 5.74) is 2.74. The third-order valence-corrected chi connectivity index (χ3v) is 9.18. The lowest BCUT2D eigenvalue weighted by molar-refractivity contribution is 0.0740. The van der Waals surface area contributed by atoms with Gasteiger partial charge in [0.2, 0.25) is 15.9 Å². The lowest BCUT2D eigenvalue weighted by atomic mass is 9.96. The molecule has 2 N–H and O–H groups in total. The standard InChI is InChI=1S/C36H34FN3O7S/c1-36(2,42)16-17-40(48(5,43)44)28-20-31-25(32(34(41)38-3)33(46-31)21-10-13-23(37)14-11-21)19-24(28)22-12-15-29(45-4)26(18-22)35-39-27-8-6-7-9-30(27)47-35/h6-15,18-20,42H,16-17H2,1-5H3,(H,38,41). The van der Waals surface area contributed by atoms with Crippen LogP contribution in [-0.4, -0.2) is 57.0 Å². The molecule has 2 heterocycles. The molecule has 0 fully saturated rings. The molecule has 6 aromatic rings. The summed E-state index contributed by atoms with van der Waals surface area (Å²) in [6, 6.07) is 21.4. The number of aromatic nitrogens is 1. The summed E-state index contributed by atoms with van der Waals surface area (Å²) in [5.74, 6) is 0.0635. The molecule has 0 atom stereocenters. The number of amides is 1. The maximum Gasteiger partial charge on any atom is 0.255 e. The van der Waals surface area contributed by atoms with E-state index in [0.717, 1.165) is 6.26 Å². The van der Waals surface area contributed by atoms with Crippen LogP contribution < -0.4 is 14.4 Å². The largest absolute Gasteiger partial charge is 0.496 e. The van der Waals surface area contributed by atoms with Crippen LogP contribution in [-0.2, 0) is 10.0 Å². The number of oxazole rings is 1. The zero-order valence-corrected chi connectivity index (χ0v) is 27.8.